The lowest BCUT2D eigenvalue weighted by Gasteiger charge is -2.30. The molecule has 0 radical (unpaired) electrons. The number of carbonyl (C=O) groups excluding carboxylic acids is 3. The molecule has 0 atom stereocenters. The van der Waals surface area contributed by atoms with Crippen LogP contribution in [0.25, 0.3) is 0 Å². The molecule has 3 amide bonds. The summed E-state index contributed by atoms with van der Waals surface area (Å²) in [5.41, 5.74) is 1.41. The van der Waals surface area contributed by atoms with Crippen molar-refractivity contribution in [1.29, 1.82) is 0 Å². The molecule has 0 unspecified atom stereocenters. The van der Waals surface area contributed by atoms with Crippen LogP contribution in [0.5, 0.6) is 11.5 Å². The van der Waals surface area contributed by atoms with E-state index in [4.69, 9.17) is 9.47 Å². The Morgan fingerprint density at radius 3 is 2.44 bits per heavy atom. The minimum Gasteiger partial charge on any atom is -0.454 e. The maximum absolute atomic E-state index is 13.7. The number of aromatic nitrogens is 2. The number of fused-ring (bicyclic) bond motifs is 1. The van der Waals surface area contributed by atoms with Crippen LogP contribution < -0.4 is 20.1 Å². The van der Waals surface area contributed by atoms with Gasteiger partial charge in [-0.15, -0.1) is 10.2 Å². The molecule has 1 fully saturated rings. The number of ether oxygens (including phenoxy) is 2. The molecule has 2 aliphatic heterocycles. The lowest BCUT2D eigenvalue weighted by molar-refractivity contribution is -0.121. The summed E-state index contributed by atoms with van der Waals surface area (Å²) in [6.45, 7) is 2.50. The van der Waals surface area contributed by atoms with Gasteiger partial charge < -0.3 is 25.0 Å². The third kappa shape index (κ3) is 4.98. The van der Waals surface area contributed by atoms with Crippen LogP contribution in [0.2, 0.25) is 0 Å². The number of anilines is 2. The van der Waals surface area contributed by atoms with E-state index in [1.165, 1.54) is 6.07 Å². The predicted octanol–water partition coefficient (Wildman–Crippen LogP) is 3.46. The molecule has 0 bridgehead atoms. The number of halogens is 1. The molecule has 2 aliphatic rings. The zero-order chi connectivity index (χ0) is 25.2. The highest BCUT2D eigenvalue weighted by atomic mass is 32.1. The van der Waals surface area contributed by atoms with E-state index >= 15 is 0 Å². The third-order valence-corrected chi connectivity index (χ3v) is 6.93. The summed E-state index contributed by atoms with van der Waals surface area (Å²) >= 11 is 0.903. The van der Waals surface area contributed by atoms with Gasteiger partial charge in [-0.3, -0.25) is 14.4 Å². The second-order valence-corrected chi connectivity index (χ2v) is 9.43. The highest BCUT2D eigenvalue weighted by Gasteiger charge is 2.30. The van der Waals surface area contributed by atoms with Gasteiger partial charge in [-0.25, -0.2) is 4.39 Å². The van der Waals surface area contributed by atoms with Crippen molar-refractivity contribution in [1.82, 2.24) is 15.1 Å². The average molecular weight is 512 g/mol. The van der Waals surface area contributed by atoms with Crippen LogP contribution in [0.1, 0.15) is 38.0 Å². The number of piperidine rings is 1. The van der Waals surface area contributed by atoms with Crippen LogP contribution in [-0.4, -0.2) is 52.7 Å². The summed E-state index contributed by atoms with van der Waals surface area (Å²) < 4.78 is 24.3. The van der Waals surface area contributed by atoms with Gasteiger partial charge in [0.2, 0.25) is 22.7 Å². The Morgan fingerprint density at radius 1 is 0.972 bits per heavy atom. The molecule has 1 saturated heterocycles. The van der Waals surface area contributed by atoms with Gasteiger partial charge in [0.15, 0.2) is 11.5 Å². The van der Waals surface area contributed by atoms with Crippen LogP contribution in [0.4, 0.5) is 15.8 Å². The monoisotopic (exact) mass is 511 g/mol. The molecule has 2 N–H and O–H groups in total. The smallest absolute Gasteiger partial charge is 0.286 e. The van der Waals surface area contributed by atoms with Crippen molar-refractivity contribution in [3.05, 3.63) is 57.8 Å². The van der Waals surface area contributed by atoms with Gasteiger partial charge in [-0.05, 0) is 49.6 Å². The topological polar surface area (TPSA) is 123 Å². The highest BCUT2D eigenvalue weighted by Crippen LogP contribution is 2.34. The number of benzene rings is 2. The number of amides is 3. The first-order valence-electron chi connectivity index (χ1n) is 11.3. The third-order valence-electron chi connectivity index (χ3n) is 6.02. The number of carbonyl (C=O) groups is 3. The molecule has 0 saturated carbocycles. The largest absolute Gasteiger partial charge is 0.454 e. The zero-order valence-electron chi connectivity index (χ0n) is 19.2. The van der Waals surface area contributed by atoms with Gasteiger partial charge >= 0.3 is 0 Å². The molecule has 3 heterocycles. The van der Waals surface area contributed by atoms with E-state index in [9.17, 15) is 18.8 Å². The maximum Gasteiger partial charge on any atom is 0.286 e. The van der Waals surface area contributed by atoms with Gasteiger partial charge in [-0.2, -0.15) is 0 Å². The molecular formula is C24H22FN5O5S. The van der Waals surface area contributed by atoms with Crippen molar-refractivity contribution in [2.24, 2.45) is 5.92 Å². The molecule has 36 heavy (non-hydrogen) atoms. The summed E-state index contributed by atoms with van der Waals surface area (Å²) in [5.74, 6) is -0.581. The standard InChI is InChI=1S/C24H22FN5O5S/c1-13-2-3-15(10-17(13)25)26-20(31)14-6-8-30(9-7-14)24(33)23-29-28-22(36-23)21(32)27-16-4-5-18-19(11-16)35-12-34-18/h2-5,10-11,14H,6-9,12H2,1H3,(H,26,31)(H,27,32). The van der Waals surface area contributed by atoms with E-state index in [1.807, 2.05) is 0 Å². The second-order valence-electron chi connectivity index (χ2n) is 8.45. The summed E-state index contributed by atoms with van der Waals surface area (Å²) in [6, 6.07) is 9.57. The Morgan fingerprint density at radius 2 is 1.67 bits per heavy atom. The Balaban J connectivity index is 1.14. The van der Waals surface area contributed by atoms with Gasteiger partial charge in [0, 0.05) is 36.4 Å². The van der Waals surface area contributed by atoms with Crippen molar-refractivity contribution in [3.8, 4) is 11.5 Å². The Hall–Kier alpha value is -4.06. The minimum absolute atomic E-state index is 0.0515. The van der Waals surface area contributed by atoms with E-state index in [0.29, 0.717) is 54.4 Å². The van der Waals surface area contributed by atoms with E-state index in [-0.39, 0.29) is 40.4 Å². The number of hydrogen-bond donors (Lipinski definition) is 2. The van der Waals surface area contributed by atoms with Crippen LogP contribution >= 0.6 is 11.3 Å². The fourth-order valence-electron chi connectivity index (χ4n) is 3.96. The predicted molar refractivity (Wildman–Crippen MR) is 129 cm³/mol. The van der Waals surface area contributed by atoms with E-state index in [2.05, 4.69) is 20.8 Å². The molecule has 12 heteroatoms. The van der Waals surface area contributed by atoms with E-state index < -0.39 is 5.91 Å². The maximum atomic E-state index is 13.7. The summed E-state index contributed by atoms with van der Waals surface area (Å²) in [6.07, 6.45) is 0.921. The van der Waals surface area contributed by atoms with Crippen molar-refractivity contribution in [3.63, 3.8) is 0 Å². The molecule has 0 spiro atoms. The van der Waals surface area contributed by atoms with Gasteiger partial charge in [0.05, 0.1) is 0 Å². The SMILES string of the molecule is Cc1ccc(NC(=O)C2CCN(C(=O)c3nnc(C(=O)Nc4ccc5c(c4)OCO5)s3)CC2)cc1F. The quantitative estimate of drug-likeness (QED) is 0.538. The molecule has 0 aliphatic carbocycles. The van der Waals surface area contributed by atoms with Gasteiger partial charge in [-0.1, -0.05) is 17.4 Å². The van der Waals surface area contributed by atoms with Crippen molar-refractivity contribution in [2.75, 3.05) is 30.5 Å². The Bertz CT molecular complexity index is 1340. The molecule has 10 nitrogen and oxygen atoms in total. The number of aryl methyl sites for hydroxylation is 1. The molecular weight excluding hydrogens is 489 g/mol. The number of nitrogens with zero attached hydrogens (tertiary/aromatic N) is 3. The van der Waals surface area contributed by atoms with Crippen LogP contribution in [-0.2, 0) is 4.79 Å². The molecule has 2 aromatic carbocycles. The number of hydrogen-bond acceptors (Lipinski definition) is 8. The van der Waals surface area contributed by atoms with Crippen molar-refractivity contribution < 1.29 is 28.2 Å². The van der Waals surface area contributed by atoms with Crippen LogP contribution in [0, 0.1) is 18.7 Å². The number of nitrogens with one attached hydrogen (secondary N) is 2. The van der Waals surface area contributed by atoms with Crippen LogP contribution in [0.15, 0.2) is 36.4 Å². The molecule has 1 aromatic heterocycles. The first-order chi connectivity index (χ1) is 17.4. The first kappa shape index (κ1) is 23.7. The summed E-state index contributed by atoms with van der Waals surface area (Å²) in [7, 11) is 0. The fraction of sp³-hybridized carbons (Fsp3) is 0.292. The molecule has 5 rings (SSSR count). The lowest BCUT2D eigenvalue weighted by Crippen LogP contribution is -2.41. The number of rotatable bonds is 5. The Kier molecular flexibility index (Phi) is 6.51. The first-order valence-corrected chi connectivity index (χ1v) is 12.1. The second kappa shape index (κ2) is 9.90. The number of likely N-dealkylation sites (tertiary alicyclic amines) is 1. The average Bonchev–Trinajstić information content (AvgIpc) is 3.56. The van der Waals surface area contributed by atoms with Gasteiger partial charge in [0.1, 0.15) is 5.82 Å². The van der Waals surface area contributed by atoms with E-state index in [1.54, 1.807) is 42.2 Å². The van der Waals surface area contributed by atoms with Crippen molar-refractivity contribution in [2.45, 2.75) is 19.8 Å². The highest BCUT2D eigenvalue weighted by molar-refractivity contribution is 7.15. The summed E-state index contributed by atoms with van der Waals surface area (Å²) in [5, 5.41) is 13.4. The van der Waals surface area contributed by atoms with Crippen LogP contribution in [0.3, 0.4) is 0 Å². The minimum atomic E-state index is -0.492. The lowest BCUT2D eigenvalue weighted by atomic mass is 9.95. The molecule has 3 aromatic rings. The van der Waals surface area contributed by atoms with E-state index in [0.717, 1.165) is 11.3 Å². The zero-order valence-corrected chi connectivity index (χ0v) is 20.1. The Labute approximate surface area is 209 Å². The summed E-state index contributed by atoms with van der Waals surface area (Å²) in [4.78, 5) is 39.6. The normalized spacial score (nSPS) is 15.0. The van der Waals surface area contributed by atoms with Gasteiger partial charge in [0.25, 0.3) is 11.8 Å². The fourth-order valence-corrected chi connectivity index (χ4v) is 4.66. The molecule has 186 valence electrons. The van der Waals surface area contributed by atoms with Crippen molar-refractivity contribution >= 4 is 40.4 Å².